The van der Waals surface area contributed by atoms with Crippen LogP contribution in [0.3, 0.4) is 0 Å². The molecule has 7 heteroatoms. The van der Waals surface area contributed by atoms with Crippen LogP contribution < -0.4 is 5.32 Å². The van der Waals surface area contributed by atoms with Gasteiger partial charge in [-0.3, -0.25) is 9.59 Å². The first kappa shape index (κ1) is 23.0. The fourth-order valence-electron chi connectivity index (χ4n) is 5.07. The first-order chi connectivity index (χ1) is 14.7. The number of rotatable bonds is 8. The van der Waals surface area contributed by atoms with E-state index >= 15 is 0 Å². The van der Waals surface area contributed by atoms with Crippen LogP contribution in [-0.4, -0.2) is 73.6 Å². The van der Waals surface area contributed by atoms with E-state index in [0.717, 1.165) is 45.2 Å². The Kier molecular flexibility index (Phi) is 9.41. The van der Waals surface area contributed by atoms with Crippen molar-refractivity contribution in [1.82, 2.24) is 15.1 Å². The van der Waals surface area contributed by atoms with E-state index in [1.54, 1.807) is 0 Å². The van der Waals surface area contributed by atoms with Gasteiger partial charge in [-0.15, -0.1) is 0 Å². The van der Waals surface area contributed by atoms with Gasteiger partial charge in [0.05, 0.1) is 19.3 Å². The summed E-state index contributed by atoms with van der Waals surface area (Å²) in [6, 6.07) is 1.76. The number of carbonyl (C=O) groups is 2. The Labute approximate surface area is 181 Å². The van der Waals surface area contributed by atoms with Gasteiger partial charge < -0.3 is 19.9 Å². The van der Waals surface area contributed by atoms with E-state index in [2.05, 4.69) is 16.3 Å². The Morgan fingerprint density at radius 2 is 1.67 bits per heavy atom. The third-order valence-corrected chi connectivity index (χ3v) is 6.86. The van der Waals surface area contributed by atoms with E-state index in [1.165, 1.54) is 25.7 Å². The van der Waals surface area contributed by atoms with Crippen molar-refractivity contribution in [3.63, 3.8) is 0 Å². The van der Waals surface area contributed by atoms with Gasteiger partial charge >= 0.3 is 0 Å². The maximum Gasteiger partial charge on any atom is 0.224 e. The number of nitrogens with zero attached hydrogens (tertiary/aromatic N) is 3. The van der Waals surface area contributed by atoms with E-state index in [0.29, 0.717) is 38.8 Å². The second-order valence-electron chi connectivity index (χ2n) is 9.19. The zero-order valence-electron chi connectivity index (χ0n) is 18.3. The van der Waals surface area contributed by atoms with Crippen molar-refractivity contribution in [3.8, 4) is 6.07 Å². The van der Waals surface area contributed by atoms with Gasteiger partial charge in [-0.2, -0.15) is 5.26 Å². The number of hydrogen-bond donors (Lipinski definition) is 1. The molecule has 3 aliphatic rings. The van der Waals surface area contributed by atoms with Gasteiger partial charge in [0, 0.05) is 32.0 Å². The van der Waals surface area contributed by atoms with Crippen LogP contribution in [0.5, 0.6) is 0 Å². The summed E-state index contributed by atoms with van der Waals surface area (Å²) in [6.07, 6.45) is 10.5. The lowest BCUT2D eigenvalue weighted by Crippen LogP contribution is -2.48. The van der Waals surface area contributed by atoms with Gasteiger partial charge in [0.1, 0.15) is 6.04 Å². The highest BCUT2D eigenvalue weighted by Gasteiger charge is 2.30. The Hall–Kier alpha value is -1.65. The molecule has 3 fully saturated rings. The van der Waals surface area contributed by atoms with Crippen molar-refractivity contribution in [2.45, 2.75) is 70.3 Å². The van der Waals surface area contributed by atoms with E-state index in [4.69, 9.17) is 4.74 Å². The molecule has 2 amide bonds. The molecule has 1 unspecified atom stereocenters. The standard InChI is InChI=1S/C23H38N4O3/c24-17-21(18-26-9-5-2-6-10-26)25-23(29)20(15-19-7-3-1-4-8-19)16-22(28)27-11-13-30-14-12-27/h19-21H,1-16,18H2,(H,25,29)/t20?,21-/m1/s1. The molecular weight excluding hydrogens is 380 g/mol. The second kappa shape index (κ2) is 12.3. The highest BCUT2D eigenvalue weighted by Crippen LogP contribution is 2.30. The Morgan fingerprint density at radius 1 is 1.00 bits per heavy atom. The summed E-state index contributed by atoms with van der Waals surface area (Å²) in [4.78, 5) is 30.1. The fraction of sp³-hybridized carbons (Fsp3) is 0.870. The predicted molar refractivity (Wildman–Crippen MR) is 115 cm³/mol. The minimum Gasteiger partial charge on any atom is -0.378 e. The monoisotopic (exact) mass is 418 g/mol. The van der Waals surface area contributed by atoms with Crippen LogP contribution in [0.4, 0.5) is 0 Å². The lowest BCUT2D eigenvalue weighted by molar-refractivity contribution is -0.140. The molecule has 0 bridgehead atoms. The summed E-state index contributed by atoms with van der Waals surface area (Å²) in [5, 5.41) is 12.6. The van der Waals surface area contributed by atoms with Gasteiger partial charge in [-0.05, 0) is 38.3 Å². The zero-order chi connectivity index (χ0) is 21.2. The molecule has 2 heterocycles. The average Bonchev–Trinajstić information content (AvgIpc) is 2.80. The van der Waals surface area contributed by atoms with Crippen LogP contribution in [0.25, 0.3) is 0 Å². The highest BCUT2D eigenvalue weighted by atomic mass is 16.5. The molecular formula is C23H38N4O3. The van der Waals surface area contributed by atoms with Gasteiger partial charge in [0.25, 0.3) is 0 Å². The normalized spacial score (nSPS) is 23.4. The van der Waals surface area contributed by atoms with Crippen LogP contribution in [0.15, 0.2) is 0 Å². The Bertz CT molecular complexity index is 588. The molecule has 2 atom stereocenters. The first-order valence-electron chi connectivity index (χ1n) is 11.9. The van der Waals surface area contributed by atoms with E-state index in [9.17, 15) is 14.9 Å². The quantitative estimate of drug-likeness (QED) is 0.654. The lowest BCUT2D eigenvalue weighted by Gasteiger charge is -2.31. The Morgan fingerprint density at radius 3 is 2.33 bits per heavy atom. The summed E-state index contributed by atoms with van der Waals surface area (Å²) >= 11 is 0. The van der Waals surface area contributed by atoms with Crippen LogP contribution in [-0.2, 0) is 14.3 Å². The molecule has 0 aromatic rings. The number of likely N-dealkylation sites (tertiary alicyclic amines) is 1. The number of ether oxygens (including phenoxy) is 1. The number of nitriles is 1. The number of nitrogens with one attached hydrogen (secondary N) is 1. The van der Waals surface area contributed by atoms with Crippen molar-refractivity contribution in [3.05, 3.63) is 0 Å². The van der Waals surface area contributed by atoms with E-state index < -0.39 is 6.04 Å². The third-order valence-electron chi connectivity index (χ3n) is 6.86. The maximum atomic E-state index is 13.2. The maximum absolute atomic E-state index is 13.2. The molecule has 0 radical (unpaired) electrons. The van der Waals surface area contributed by atoms with Crippen molar-refractivity contribution in [1.29, 1.82) is 5.26 Å². The molecule has 0 aromatic carbocycles. The van der Waals surface area contributed by atoms with Gasteiger partial charge in [0.2, 0.25) is 11.8 Å². The Balaban J connectivity index is 1.58. The molecule has 0 aromatic heterocycles. The summed E-state index contributed by atoms with van der Waals surface area (Å²) in [5.41, 5.74) is 0. The highest BCUT2D eigenvalue weighted by molar-refractivity contribution is 5.86. The summed E-state index contributed by atoms with van der Waals surface area (Å²) in [7, 11) is 0. The van der Waals surface area contributed by atoms with Crippen molar-refractivity contribution in [2.24, 2.45) is 11.8 Å². The second-order valence-corrected chi connectivity index (χ2v) is 9.19. The van der Waals surface area contributed by atoms with Crippen LogP contribution in [0, 0.1) is 23.2 Å². The third kappa shape index (κ3) is 7.24. The number of carbonyl (C=O) groups excluding carboxylic acids is 2. The molecule has 0 spiro atoms. The summed E-state index contributed by atoms with van der Waals surface area (Å²) in [5.74, 6) is 0.0832. The molecule has 1 saturated carbocycles. The van der Waals surface area contributed by atoms with E-state index in [1.807, 2.05) is 4.90 Å². The fourth-order valence-corrected chi connectivity index (χ4v) is 5.07. The molecule has 1 aliphatic carbocycles. The summed E-state index contributed by atoms with van der Waals surface area (Å²) < 4.78 is 5.35. The smallest absolute Gasteiger partial charge is 0.224 e. The van der Waals surface area contributed by atoms with Crippen molar-refractivity contribution < 1.29 is 14.3 Å². The van der Waals surface area contributed by atoms with Crippen molar-refractivity contribution in [2.75, 3.05) is 45.9 Å². The largest absolute Gasteiger partial charge is 0.378 e. The van der Waals surface area contributed by atoms with Crippen molar-refractivity contribution >= 4 is 11.8 Å². The van der Waals surface area contributed by atoms with Crippen LogP contribution in [0.2, 0.25) is 0 Å². The molecule has 2 saturated heterocycles. The number of piperidine rings is 1. The van der Waals surface area contributed by atoms with Gasteiger partial charge in [0.15, 0.2) is 0 Å². The number of amides is 2. The molecule has 3 rings (SSSR count). The number of morpholine rings is 1. The molecule has 30 heavy (non-hydrogen) atoms. The number of hydrogen-bond acceptors (Lipinski definition) is 5. The minimum atomic E-state index is -0.511. The van der Waals surface area contributed by atoms with Crippen LogP contribution in [0.1, 0.15) is 64.2 Å². The minimum absolute atomic E-state index is 0.0406. The average molecular weight is 419 g/mol. The van der Waals surface area contributed by atoms with Gasteiger partial charge in [-0.25, -0.2) is 0 Å². The van der Waals surface area contributed by atoms with Crippen LogP contribution >= 0.6 is 0 Å². The first-order valence-corrected chi connectivity index (χ1v) is 11.9. The molecule has 1 N–H and O–H groups in total. The van der Waals surface area contributed by atoms with E-state index in [-0.39, 0.29) is 24.2 Å². The molecule has 2 aliphatic heterocycles. The lowest BCUT2D eigenvalue weighted by atomic mass is 9.81. The zero-order valence-corrected chi connectivity index (χ0v) is 18.3. The van der Waals surface area contributed by atoms with Gasteiger partial charge in [-0.1, -0.05) is 38.5 Å². The SMILES string of the molecule is N#C[C@H](CN1CCCCC1)NC(=O)C(CC(=O)N1CCOCC1)CC1CCCCC1. The molecule has 168 valence electrons. The molecule has 7 nitrogen and oxygen atoms in total. The summed E-state index contributed by atoms with van der Waals surface area (Å²) in [6.45, 7) is 4.91. The predicted octanol–water partition coefficient (Wildman–Crippen LogP) is 2.32. The topological polar surface area (TPSA) is 85.7 Å².